The Labute approximate surface area is 106 Å². The first-order chi connectivity index (χ1) is 8.80. The maximum atomic E-state index is 8.82. The van der Waals surface area contributed by atoms with Gasteiger partial charge in [-0.3, -0.25) is 0 Å². The Morgan fingerprint density at radius 3 is 3.06 bits per heavy atom. The van der Waals surface area contributed by atoms with Crippen molar-refractivity contribution in [2.24, 2.45) is 0 Å². The Hall–Kier alpha value is -2.28. The van der Waals surface area contributed by atoms with E-state index in [1.54, 1.807) is 6.08 Å². The van der Waals surface area contributed by atoms with Crippen LogP contribution in [0.4, 0.5) is 0 Å². The van der Waals surface area contributed by atoms with Gasteiger partial charge >= 0.3 is 0 Å². The van der Waals surface area contributed by atoms with Crippen molar-refractivity contribution in [2.75, 3.05) is 6.61 Å². The van der Waals surface area contributed by atoms with Gasteiger partial charge in [0.25, 0.3) is 0 Å². The molecule has 0 N–H and O–H groups in total. The van der Waals surface area contributed by atoms with E-state index in [0.29, 0.717) is 19.6 Å². The summed E-state index contributed by atoms with van der Waals surface area (Å²) in [6.07, 6.45) is 2.10. The second-order valence-electron chi connectivity index (χ2n) is 3.85. The Morgan fingerprint density at radius 2 is 2.39 bits per heavy atom. The molecule has 4 heteroatoms. The third-order valence-electron chi connectivity index (χ3n) is 2.66. The molecule has 0 unspecified atom stereocenters. The van der Waals surface area contributed by atoms with Gasteiger partial charge in [0.2, 0.25) is 0 Å². The van der Waals surface area contributed by atoms with Crippen LogP contribution >= 0.6 is 0 Å². The lowest BCUT2D eigenvalue weighted by atomic mass is 10.3. The zero-order valence-corrected chi connectivity index (χ0v) is 10.4. The van der Waals surface area contributed by atoms with Gasteiger partial charge in [0.05, 0.1) is 30.1 Å². The standard InChI is InChI=1S/C14H15N3O/c1-3-9-17-13-6-5-11(18-4-2)10-12(13)16-14(17)7-8-15/h3,5-6,10H,1,4,7,9H2,2H3. The van der Waals surface area contributed by atoms with Crippen molar-refractivity contribution in [3.05, 3.63) is 36.7 Å². The number of aromatic nitrogens is 2. The number of nitriles is 1. The van der Waals surface area contributed by atoms with Gasteiger partial charge in [0.15, 0.2) is 0 Å². The highest BCUT2D eigenvalue weighted by Gasteiger charge is 2.10. The smallest absolute Gasteiger partial charge is 0.124 e. The molecule has 0 saturated carbocycles. The normalized spacial score (nSPS) is 10.2. The van der Waals surface area contributed by atoms with Crippen LogP contribution in [0.15, 0.2) is 30.9 Å². The number of rotatable bonds is 5. The minimum Gasteiger partial charge on any atom is -0.494 e. The molecule has 2 rings (SSSR count). The number of nitrogens with zero attached hydrogens (tertiary/aromatic N) is 3. The maximum absolute atomic E-state index is 8.82. The summed E-state index contributed by atoms with van der Waals surface area (Å²) < 4.78 is 7.45. The first kappa shape index (κ1) is 12.2. The molecule has 18 heavy (non-hydrogen) atoms. The van der Waals surface area contributed by atoms with Crippen molar-refractivity contribution in [1.29, 1.82) is 5.26 Å². The molecule has 0 saturated heterocycles. The van der Waals surface area contributed by atoms with Crippen LogP contribution in [0.25, 0.3) is 11.0 Å². The predicted molar refractivity (Wildman–Crippen MR) is 70.4 cm³/mol. The number of imidazole rings is 1. The van der Waals surface area contributed by atoms with Crippen molar-refractivity contribution < 1.29 is 4.74 Å². The van der Waals surface area contributed by atoms with E-state index >= 15 is 0 Å². The summed E-state index contributed by atoms with van der Waals surface area (Å²) in [7, 11) is 0. The highest BCUT2D eigenvalue weighted by Crippen LogP contribution is 2.22. The minimum atomic E-state index is 0.298. The van der Waals surface area contributed by atoms with E-state index in [1.165, 1.54) is 0 Å². The summed E-state index contributed by atoms with van der Waals surface area (Å²) in [4.78, 5) is 4.48. The topological polar surface area (TPSA) is 50.8 Å². The van der Waals surface area contributed by atoms with Gasteiger partial charge in [-0.1, -0.05) is 6.08 Å². The molecule has 0 amide bonds. The fraction of sp³-hybridized carbons (Fsp3) is 0.286. The van der Waals surface area contributed by atoms with Gasteiger partial charge in [-0.15, -0.1) is 6.58 Å². The number of fused-ring (bicyclic) bond motifs is 1. The van der Waals surface area contributed by atoms with E-state index in [1.807, 2.05) is 29.7 Å². The highest BCUT2D eigenvalue weighted by molar-refractivity contribution is 5.78. The van der Waals surface area contributed by atoms with Crippen molar-refractivity contribution >= 4 is 11.0 Å². The Balaban J connectivity index is 2.53. The lowest BCUT2D eigenvalue weighted by Gasteiger charge is -2.04. The third-order valence-corrected chi connectivity index (χ3v) is 2.66. The first-order valence-electron chi connectivity index (χ1n) is 5.90. The summed E-state index contributed by atoms with van der Waals surface area (Å²) >= 11 is 0. The van der Waals surface area contributed by atoms with E-state index in [0.717, 1.165) is 22.6 Å². The fourth-order valence-corrected chi connectivity index (χ4v) is 1.95. The maximum Gasteiger partial charge on any atom is 0.124 e. The molecule has 4 nitrogen and oxygen atoms in total. The Kier molecular flexibility index (Phi) is 3.63. The van der Waals surface area contributed by atoms with E-state index in [4.69, 9.17) is 10.00 Å². The number of benzene rings is 1. The van der Waals surface area contributed by atoms with Crippen molar-refractivity contribution in [3.63, 3.8) is 0 Å². The molecule has 0 aliphatic rings. The molecule has 1 aromatic heterocycles. The molecule has 0 radical (unpaired) electrons. The van der Waals surface area contributed by atoms with Crippen molar-refractivity contribution in [1.82, 2.24) is 9.55 Å². The van der Waals surface area contributed by atoms with Gasteiger partial charge in [-0.25, -0.2) is 4.98 Å². The van der Waals surface area contributed by atoms with E-state index in [-0.39, 0.29) is 0 Å². The molecule has 0 spiro atoms. The zero-order valence-electron chi connectivity index (χ0n) is 10.4. The monoisotopic (exact) mass is 241 g/mol. The van der Waals surface area contributed by atoms with Crippen LogP contribution < -0.4 is 4.74 Å². The second-order valence-corrected chi connectivity index (χ2v) is 3.85. The van der Waals surface area contributed by atoms with E-state index in [2.05, 4.69) is 17.6 Å². The van der Waals surface area contributed by atoms with Crippen LogP contribution in [0.1, 0.15) is 12.7 Å². The lowest BCUT2D eigenvalue weighted by Crippen LogP contribution is -2.01. The molecule has 0 fully saturated rings. The Morgan fingerprint density at radius 1 is 1.56 bits per heavy atom. The average Bonchev–Trinajstić information content (AvgIpc) is 2.68. The average molecular weight is 241 g/mol. The quantitative estimate of drug-likeness (QED) is 0.756. The predicted octanol–water partition coefficient (Wildman–Crippen LogP) is 2.69. The molecule has 92 valence electrons. The van der Waals surface area contributed by atoms with Crippen molar-refractivity contribution in [2.45, 2.75) is 19.9 Å². The second kappa shape index (κ2) is 5.37. The Bertz CT molecular complexity index is 607. The molecular formula is C14H15N3O. The number of allylic oxidation sites excluding steroid dienone is 1. The van der Waals surface area contributed by atoms with Gasteiger partial charge < -0.3 is 9.30 Å². The summed E-state index contributed by atoms with van der Waals surface area (Å²) in [5.74, 6) is 1.57. The van der Waals surface area contributed by atoms with Gasteiger partial charge in [-0.05, 0) is 19.1 Å². The van der Waals surface area contributed by atoms with Crippen LogP contribution in [0.5, 0.6) is 5.75 Å². The van der Waals surface area contributed by atoms with Crippen LogP contribution in [0, 0.1) is 11.3 Å². The number of hydrogen-bond acceptors (Lipinski definition) is 3. The first-order valence-corrected chi connectivity index (χ1v) is 5.90. The van der Waals surface area contributed by atoms with Gasteiger partial charge in [0.1, 0.15) is 11.6 Å². The molecule has 1 heterocycles. The highest BCUT2D eigenvalue weighted by atomic mass is 16.5. The SMILES string of the molecule is C=CCn1c(CC#N)nc2cc(OCC)ccc21. The summed E-state index contributed by atoms with van der Waals surface area (Å²) in [6, 6.07) is 7.93. The molecule has 0 aliphatic heterocycles. The fourth-order valence-electron chi connectivity index (χ4n) is 1.95. The molecule has 2 aromatic rings. The molecule has 1 aromatic carbocycles. The summed E-state index contributed by atoms with van der Waals surface area (Å²) in [5, 5.41) is 8.82. The number of hydrogen-bond donors (Lipinski definition) is 0. The van der Waals surface area contributed by atoms with Crippen LogP contribution in [-0.4, -0.2) is 16.2 Å². The van der Waals surface area contributed by atoms with Crippen LogP contribution in [0.3, 0.4) is 0 Å². The zero-order chi connectivity index (χ0) is 13.0. The van der Waals surface area contributed by atoms with Crippen LogP contribution in [-0.2, 0) is 13.0 Å². The minimum absolute atomic E-state index is 0.298. The van der Waals surface area contributed by atoms with Gasteiger partial charge in [-0.2, -0.15) is 5.26 Å². The van der Waals surface area contributed by atoms with Gasteiger partial charge in [0, 0.05) is 12.6 Å². The lowest BCUT2D eigenvalue weighted by molar-refractivity contribution is 0.340. The summed E-state index contributed by atoms with van der Waals surface area (Å²) in [5.41, 5.74) is 1.86. The number of ether oxygens (including phenoxy) is 1. The summed E-state index contributed by atoms with van der Waals surface area (Å²) in [6.45, 7) is 6.96. The third kappa shape index (κ3) is 2.21. The molecule has 0 atom stereocenters. The van der Waals surface area contributed by atoms with Crippen molar-refractivity contribution in [3.8, 4) is 11.8 Å². The molecule has 0 bridgehead atoms. The van der Waals surface area contributed by atoms with E-state index < -0.39 is 0 Å². The van der Waals surface area contributed by atoms with E-state index in [9.17, 15) is 0 Å². The van der Waals surface area contributed by atoms with Crippen LogP contribution in [0.2, 0.25) is 0 Å². The molecular weight excluding hydrogens is 226 g/mol. The molecule has 0 aliphatic carbocycles. The largest absolute Gasteiger partial charge is 0.494 e.